The molecule has 0 aliphatic carbocycles. The highest BCUT2D eigenvalue weighted by molar-refractivity contribution is 5.79. The van der Waals surface area contributed by atoms with Gasteiger partial charge in [-0.25, -0.2) is 9.98 Å². The first kappa shape index (κ1) is 20.9. The molecule has 0 fully saturated rings. The van der Waals surface area contributed by atoms with E-state index in [0.717, 1.165) is 36.8 Å². The fourth-order valence-corrected chi connectivity index (χ4v) is 2.35. The molecule has 0 saturated carbocycles. The van der Waals surface area contributed by atoms with E-state index in [9.17, 15) is 0 Å². The molecule has 0 saturated heterocycles. The quantitative estimate of drug-likeness (QED) is 0.358. The summed E-state index contributed by atoms with van der Waals surface area (Å²) < 4.78 is 16.2. The fraction of sp³-hybridized carbons (Fsp3) is 0.500. The van der Waals surface area contributed by atoms with E-state index in [4.69, 9.17) is 13.9 Å². The zero-order chi connectivity index (χ0) is 19.3. The number of aliphatic imine (C=N–C) groups is 1. The van der Waals surface area contributed by atoms with E-state index in [0.29, 0.717) is 32.3 Å². The Balaban J connectivity index is 1.81. The second-order valence-corrected chi connectivity index (χ2v) is 6.06. The van der Waals surface area contributed by atoms with Crippen LogP contribution in [0.5, 0.6) is 0 Å². The van der Waals surface area contributed by atoms with E-state index in [1.165, 1.54) is 5.56 Å². The molecule has 0 spiro atoms. The lowest BCUT2D eigenvalue weighted by Gasteiger charge is -2.10. The van der Waals surface area contributed by atoms with Crippen molar-refractivity contribution in [3.8, 4) is 11.3 Å². The number of hydrogen-bond donors (Lipinski definition) is 2. The van der Waals surface area contributed by atoms with E-state index in [1.54, 1.807) is 13.3 Å². The minimum absolute atomic E-state index is 0.380. The summed E-state index contributed by atoms with van der Waals surface area (Å²) in [5.41, 5.74) is 2.23. The molecule has 27 heavy (non-hydrogen) atoms. The lowest BCUT2D eigenvalue weighted by Crippen LogP contribution is -2.38. The molecule has 0 aliphatic heterocycles. The van der Waals surface area contributed by atoms with Crippen molar-refractivity contribution < 1.29 is 13.9 Å². The van der Waals surface area contributed by atoms with Gasteiger partial charge in [-0.1, -0.05) is 29.8 Å². The van der Waals surface area contributed by atoms with Gasteiger partial charge < -0.3 is 24.5 Å². The Bertz CT molecular complexity index is 683. The third-order valence-corrected chi connectivity index (χ3v) is 3.80. The van der Waals surface area contributed by atoms with Crippen molar-refractivity contribution in [3.05, 3.63) is 41.9 Å². The molecular formula is C20H30N4O3. The van der Waals surface area contributed by atoms with Crippen molar-refractivity contribution in [3.63, 3.8) is 0 Å². The van der Waals surface area contributed by atoms with Crippen LogP contribution in [0.3, 0.4) is 0 Å². The number of ether oxygens (including phenoxy) is 2. The van der Waals surface area contributed by atoms with Crippen LogP contribution in [0.4, 0.5) is 0 Å². The molecule has 0 bridgehead atoms. The maximum Gasteiger partial charge on any atom is 0.216 e. The highest BCUT2D eigenvalue weighted by Crippen LogP contribution is 2.20. The summed E-state index contributed by atoms with van der Waals surface area (Å²) in [4.78, 5) is 8.85. The average Bonchev–Trinajstić information content (AvgIpc) is 3.15. The first-order valence-electron chi connectivity index (χ1n) is 9.33. The van der Waals surface area contributed by atoms with E-state index >= 15 is 0 Å². The maximum absolute atomic E-state index is 5.81. The number of oxazole rings is 1. The summed E-state index contributed by atoms with van der Waals surface area (Å²) in [6.45, 7) is 7.98. The number of methoxy groups -OCH3 is 1. The van der Waals surface area contributed by atoms with Crippen LogP contribution in [0, 0.1) is 6.92 Å². The molecule has 148 valence electrons. The Morgan fingerprint density at radius 2 is 1.96 bits per heavy atom. The SMILES string of the molecule is CCNC(=NCc1ncc(-c2ccc(C)cc2)o1)NCCCOCCOC. The maximum atomic E-state index is 5.81. The van der Waals surface area contributed by atoms with Gasteiger partial charge in [0.1, 0.15) is 6.54 Å². The van der Waals surface area contributed by atoms with Crippen molar-refractivity contribution in [2.45, 2.75) is 26.8 Å². The van der Waals surface area contributed by atoms with Crippen LogP contribution in [0.25, 0.3) is 11.3 Å². The summed E-state index contributed by atoms with van der Waals surface area (Å²) in [5.74, 6) is 2.08. The average molecular weight is 374 g/mol. The number of hydrogen-bond acceptors (Lipinski definition) is 5. The van der Waals surface area contributed by atoms with Crippen molar-refractivity contribution >= 4 is 5.96 Å². The standard InChI is InChI=1S/C20H30N4O3/c1-4-21-20(22-10-5-11-26-13-12-25-3)24-15-19-23-14-18(27-19)17-8-6-16(2)7-9-17/h6-9,14H,4-5,10-13,15H2,1-3H3,(H2,21,22,24). The molecule has 0 unspecified atom stereocenters. The number of nitrogens with zero attached hydrogens (tertiary/aromatic N) is 2. The summed E-state index contributed by atoms with van der Waals surface area (Å²) in [5, 5.41) is 6.50. The Morgan fingerprint density at radius 3 is 2.70 bits per heavy atom. The highest BCUT2D eigenvalue weighted by Gasteiger charge is 2.06. The summed E-state index contributed by atoms with van der Waals surface area (Å²) in [6.07, 6.45) is 2.64. The van der Waals surface area contributed by atoms with Gasteiger partial charge in [0.25, 0.3) is 0 Å². The minimum atomic E-state index is 0.380. The van der Waals surface area contributed by atoms with Crippen molar-refractivity contribution in [2.24, 2.45) is 4.99 Å². The second-order valence-electron chi connectivity index (χ2n) is 6.06. The third kappa shape index (κ3) is 7.80. The van der Waals surface area contributed by atoms with Crippen LogP contribution in [-0.2, 0) is 16.0 Å². The summed E-state index contributed by atoms with van der Waals surface area (Å²) >= 11 is 0. The van der Waals surface area contributed by atoms with Gasteiger partial charge in [0.05, 0.1) is 19.4 Å². The van der Waals surface area contributed by atoms with Gasteiger partial charge >= 0.3 is 0 Å². The fourth-order valence-electron chi connectivity index (χ4n) is 2.35. The first-order valence-corrected chi connectivity index (χ1v) is 9.33. The Labute approximate surface area is 161 Å². The van der Waals surface area contributed by atoms with Gasteiger partial charge in [-0.2, -0.15) is 0 Å². The first-order chi connectivity index (χ1) is 13.2. The van der Waals surface area contributed by atoms with Crippen LogP contribution in [-0.4, -0.2) is 51.0 Å². The molecule has 0 radical (unpaired) electrons. The summed E-state index contributed by atoms with van der Waals surface area (Å²) in [6, 6.07) is 8.18. The molecule has 0 amide bonds. The second kappa shape index (κ2) is 12.1. The molecule has 0 atom stereocenters. The number of nitrogens with one attached hydrogen (secondary N) is 2. The van der Waals surface area contributed by atoms with Gasteiger partial charge in [0, 0.05) is 32.4 Å². The zero-order valence-corrected chi connectivity index (χ0v) is 16.5. The van der Waals surface area contributed by atoms with Crippen molar-refractivity contribution in [1.82, 2.24) is 15.6 Å². The Hall–Kier alpha value is -2.38. The predicted molar refractivity (Wildman–Crippen MR) is 107 cm³/mol. The van der Waals surface area contributed by atoms with Crippen LogP contribution >= 0.6 is 0 Å². The lowest BCUT2D eigenvalue weighted by atomic mass is 10.1. The van der Waals surface area contributed by atoms with Crippen LogP contribution in [0.1, 0.15) is 24.8 Å². The normalized spacial score (nSPS) is 11.6. The van der Waals surface area contributed by atoms with Gasteiger partial charge in [-0.05, 0) is 20.3 Å². The van der Waals surface area contributed by atoms with Gasteiger partial charge in [0.15, 0.2) is 11.7 Å². The van der Waals surface area contributed by atoms with Gasteiger partial charge in [-0.3, -0.25) is 0 Å². The summed E-state index contributed by atoms with van der Waals surface area (Å²) in [7, 11) is 1.67. The molecule has 7 nitrogen and oxygen atoms in total. The topological polar surface area (TPSA) is 80.9 Å². The van der Waals surface area contributed by atoms with Crippen molar-refractivity contribution in [1.29, 1.82) is 0 Å². The van der Waals surface area contributed by atoms with Crippen LogP contribution in [0.2, 0.25) is 0 Å². The van der Waals surface area contributed by atoms with Gasteiger partial charge in [0.2, 0.25) is 5.89 Å². The van der Waals surface area contributed by atoms with E-state index in [2.05, 4.69) is 39.7 Å². The molecule has 1 heterocycles. The molecule has 2 aromatic rings. The van der Waals surface area contributed by atoms with Gasteiger partial charge in [-0.15, -0.1) is 0 Å². The lowest BCUT2D eigenvalue weighted by molar-refractivity contribution is 0.0698. The monoisotopic (exact) mass is 374 g/mol. The predicted octanol–water partition coefficient (Wildman–Crippen LogP) is 2.76. The number of rotatable bonds is 11. The van der Waals surface area contributed by atoms with E-state index in [1.807, 2.05) is 19.1 Å². The molecule has 2 N–H and O–H groups in total. The molecule has 0 aliphatic rings. The number of benzene rings is 1. The number of guanidine groups is 1. The minimum Gasteiger partial charge on any atom is -0.439 e. The molecule has 1 aromatic heterocycles. The molecule has 1 aromatic carbocycles. The Morgan fingerprint density at radius 1 is 1.15 bits per heavy atom. The molecule has 2 rings (SSSR count). The molecular weight excluding hydrogens is 344 g/mol. The zero-order valence-electron chi connectivity index (χ0n) is 16.5. The van der Waals surface area contributed by atoms with E-state index < -0.39 is 0 Å². The molecule has 7 heteroatoms. The highest BCUT2D eigenvalue weighted by atomic mass is 16.5. The third-order valence-electron chi connectivity index (χ3n) is 3.80. The van der Waals surface area contributed by atoms with Crippen LogP contribution in [0.15, 0.2) is 39.9 Å². The van der Waals surface area contributed by atoms with Crippen LogP contribution < -0.4 is 10.6 Å². The van der Waals surface area contributed by atoms with E-state index in [-0.39, 0.29) is 0 Å². The number of aryl methyl sites for hydroxylation is 1. The van der Waals surface area contributed by atoms with Crippen molar-refractivity contribution in [2.75, 3.05) is 40.0 Å². The smallest absolute Gasteiger partial charge is 0.216 e. The Kier molecular flexibility index (Phi) is 9.37. The number of aromatic nitrogens is 1. The largest absolute Gasteiger partial charge is 0.439 e.